The molecule has 100 valence electrons. The van der Waals surface area contributed by atoms with Crippen LogP contribution in [0, 0.1) is 0 Å². The van der Waals surface area contributed by atoms with Gasteiger partial charge in [0.2, 0.25) is 0 Å². The molecule has 0 aliphatic heterocycles. The number of aliphatic hydroxyl groups excluding tert-OH is 1. The molecule has 3 heteroatoms. The highest BCUT2D eigenvalue weighted by molar-refractivity contribution is 5.79. The van der Waals surface area contributed by atoms with Crippen LogP contribution in [-0.4, -0.2) is 10.1 Å². The summed E-state index contributed by atoms with van der Waals surface area (Å²) in [6.45, 7) is 0.557. The van der Waals surface area contributed by atoms with E-state index in [1.807, 2.05) is 54.6 Å². The number of ether oxygens (including phenoxy) is 1. The Hall–Kier alpha value is -2.39. The molecule has 1 heterocycles. The Kier molecular flexibility index (Phi) is 3.61. The summed E-state index contributed by atoms with van der Waals surface area (Å²) in [6, 6.07) is 17.7. The summed E-state index contributed by atoms with van der Waals surface area (Å²) in [5.41, 5.74) is 2.93. The maximum atomic E-state index is 9.00. The van der Waals surface area contributed by atoms with E-state index in [0.29, 0.717) is 6.61 Å². The van der Waals surface area contributed by atoms with Gasteiger partial charge in [0.05, 0.1) is 18.3 Å². The van der Waals surface area contributed by atoms with Gasteiger partial charge in [0.25, 0.3) is 0 Å². The number of hydrogen-bond donors (Lipinski definition) is 1. The molecule has 0 spiro atoms. The van der Waals surface area contributed by atoms with Crippen molar-refractivity contribution in [2.24, 2.45) is 0 Å². The van der Waals surface area contributed by atoms with Crippen LogP contribution in [0.2, 0.25) is 0 Å². The van der Waals surface area contributed by atoms with Gasteiger partial charge in [0.15, 0.2) is 0 Å². The van der Waals surface area contributed by atoms with Crippen LogP contribution >= 0.6 is 0 Å². The van der Waals surface area contributed by atoms with Crippen LogP contribution in [0.5, 0.6) is 5.75 Å². The predicted octanol–water partition coefficient (Wildman–Crippen LogP) is 3.31. The second kappa shape index (κ2) is 5.72. The minimum absolute atomic E-state index is 0.0652. The Balaban J connectivity index is 1.72. The Morgan fingerprint density at radius 1 is 0.950 bits per heavy atom. The van der Waals surface area contributed by atoms with E-state index >= 15 is 0 Å². The van der Waals surface area contributed by atoms with Gasteiger partial charge in [-0.1, -0.05) is 42.5 Å². The van der Waals surface area contributed by atoms with E-state index in [0.717, 1.165) is 27.8 Å². The minimum Gasteiger partial charge on any atom is -0.487 e. The first-order chi connectivity index (χ1) is 9.85. The molecule has 0 bridgehead atoms. The van der Waals surface area contributed by atoms with Crippen LogP contribution in [0.25, 0.3) is 10.9 Å². The van der Waals surface area contributed by atoms with Crippen molar-refractivity contribution < 1.29 is 9.84 Å². The Labute approximate surface area is 117 Å². The summed E-state index contributed by atoms with van der Waals surface area (Å²) in [4.78, 5) is 4.36. The first-order valence-electron chi connectivity index (χ1n) is 6.51. The Morgan fingerprint density at radius 3 is 2.50 bits per heavy atom. The van der Waals surface area contributed by atoms with E-state index in [1.54, 1.807) is 6.20 Å². The molecule has 0 radical (unpaired) electrons. The first kappa shape index (κ1) is 12.6. The van der Waals surface area contributed by atoms with E-state index in [9.17, 15) is 0 Å². The smallest absolute Gasteiger partial charge is 0.138 e. The topological polar surface area (TPSA) is 42.4 Å². The average molecular weight is 265 g/mol. The lowest BCUT2D eigenvalue weighted by Gasteiger charge is -2.07. The van der Waals surface area contributed by atoms with Crippen molar-refractivity contribution in [3.05, 3.63) is 71.9 Å². The van der Waals surface area contributed by atoms with Crippen molar-refractivity contribution in [2.45, 2.75) is 13.2 Å². The highest BCUT2D eigenvalue weighted by Gasteiger charge is 1.99. The fourth-order valence-electron chi connectivity index (χ4n) is 2.04. The lowest BCUT2D eigenvalue weighted by atomic mass is 10.1. The fraction of sp³-hybridized carbons (Fsp3) is 0.118. The van der Waals surface area contributed by atoms with E-state index in [-0.39, 0.29) is 6.61 Å². The normalized spacial score (nSPS) is 10.7. The van der Waals surface area contributed by atoms with Crippen LogP contribution < -0.4 is 4.74 Å². The maximum absolute atomic E-state index is 9.00. The summed E-state index contributed by atoms with van der Waals surface area (Å²) in [7, 11) is 0. The van der Waals surface area contributed by atoms with Crippen molar-refractivity contribution in [2.75, 3.05) is 0 Å². The number of benzene rings is 2. The summed E-state index contributed by atoms with van der Waals surface area (Å²) in [5, 5.41) is 10.1. The zero-order valence-electron chi connectivity index (χ0n) is 11.0. The van der Waals surface area contributed by atoms with Gasteiger partial charge >= 0.3 is 0 Å². The van der Waals surface area contributed by atoms with E-state index in [4.69, 9.17) is 9.84 Å². The molecule has 0 aliphatic rings. The van der Waals surface area contributed by atoms with Crippen LogP contribution in [0.1, 0.15) is 11.1 Å². The van der Waals surface area contributed by atoms with Crippen molar-refractivity contribution >= 4 is 10.9 Å². The van der Waals surface area contributed by atoms with Crippen LogP contribution in [-0.2, 0) is 13.2 Å². The van der Waals surface area contributed by atoms with Gasteiger partial charge in [0, 0.05) is 5.39 Å². The predicted molar refractivity (Wildman–Crippen MR) is 78.4 cm³/mol. The standard InChI is InChI=1S/C17H15NO2/c19-11-13-5-7-14(8-6-13)12-20-16-9-15-3-1-2-4-17(15)18-10-16/h1-10,19H,11-12H2. The second-order valence-corrected chi connectivity index (χ2v) is 4.63. The third-order valence-corrected chi connectivity index (χ3v) is 3.18. The third-order valence-electron chi connectivity index (χ3n) is 3.18. The quantitative estimate of drug-likeness (QED) is 0.787. The Morgan fingerprint density at radius 2 is 1.70 bits per heavy atom. The van der Waals surface area contributed by atoms with Crippen LogP contribution in [0.15, 0.2) is 60.8 Å². The molecule has 0 atom stereocenters. The number of aliphatic hydroxyl groups is 1. The number of para-hydroxylation sites is 1. The molecule has 1 aromatic heterocycles. The monoisotopic (exact) mass is 265 g/mol. The van der Waals surface area contributed by atoms with Gasteiger partial charge < -0.3 is 9.84 Å². The summed E-state index contributed by atoms with van der Waals surface area (Å²) >= 11 is 0. The van der Waals surface area contributed by atoms with Crippen molar-refractivity contribution in [1.29, 1.82) is 0 Å². The second-order valence-electron chi connectivity index (χ2n) is 4.63. The number of aromatic nitrogens is 1. The molecule has 3 rings (SSSR count). The van der Waals surface area contributed by atoms with Gasteiger partial charge in [-0.05, 0) is 23.3 Å². The number of rotatable bonds is 4. The molecule has 3 nitrogen and oxygen atoms in total. The molecule has 2 aromatic carbocycles. The number of pyridine rings is 1. The van der Waals surface area contributed by atoms with Crippen molar-refractivity contribution in [3.8, 4) is 5.75 Å². The molecule has 3 aromatic rings. The van der Waals surface area contributed by atoms with E-state index in [2.05, 4.69) is 4.98 Å². The molecule has 0 aliphatic carbocycles. The molecule has 0 saturated carbocycles. The SMILES string of the molecule is OCc1ccc(COc2cnc3ccccc3c2)cc1. The minimum atomic E-state index is 0.0652. The lowest BCUT2D eigenvalue weighted by Crippen LogP contribution is -1.96. The third kappa shape index (κ3) is 2.78. The highest BCUT2D eigenvalue weighted by atomic mass is 16.5. The lowest BCUT2D eigenvalue weighted by molar-refractivity contribution is 0.281. The van der Waals surface area contributed by atoms with Gasteiger partial charge in [0.1, 0.15) is 12.4 Å². The zero-order chi connectivity index (χ0) is 13.8. The molecule has 0 saturated heterocycles. The van der Waals surface area contributed by atoms with Crippen LogP contribution in [0.4, 0.5) is 0 Å². The summed E-state index contributed by atoms with van der Waals surface area (Å²) in [5.74, 6) is 0.759. The van der Waals surface area contributed by atoms with Gasteiger partial charge in [-0.25, -0.2) is 0 Å². The van der Waals surface area contributed by atoms with E-state index in [1.165, 1.54) is 0 Å². The summed E-state index contributed by atoms with van der Waals surface area (Å²) < 4.78 is 5.75. The fourth-order valence-corrected chi connectivity index (χ4v) is 2.04. The molecule has 1 N–H and O–H groups in total. The summed E-state index contributed by atoms with van der Waals surface area (Å²) in [6.07, 6.45) is 1.74. The largest absolute Gasteiger partial charge is 0.487 e. The highest BCUT2D eigenvalue weighted by Crippen LogP contribution is 2.19. The van der Waals surface area contributed by atoms with Gasteiger partial charge in [-0.3, -0.25) is 4.98 Å². The first-order valence-corrected chi connectivity index (χ1v) is 6.51. The molecule has 0 fully saturated rings. The van der Waals surface area contributed by atoms with Crippen molar-refractivity contribution in [3.63, 3.8) is 0 Å². The molecule has 0 amide bonds. The van der Waals surface area contributed by atoms with Crippen LogP contribution in [0.3, 0.4) is 0 Å². The average Bonchev–Trinajstić information content (AvgIpc) is 2.53. The maximum Gasteiger partial charge on any atom is 0.138 e. The Bertz CT molecular complexity index is 708. The van der Waals surface area contributed by atoms with Gasteiger partial charge in [-0.2, -0.15) is 0 Å². The number of hydrogen-bond acceptors (Lipinski definition) is 3. The van der Waals surface area contributed by atoms with E-state index < -0.39 is 0 Å². The molecular formula is C17H15NO2. The molecule has 20 heavy (non-hydrogen) atoms. The van der Waals surface area contributed by atoms with Gasteiger partial charge in [-0.15, -0.1) is 0 Å². The van der Waals surface area contributed by atoms with Crippen molar-refractivity contribution in [1.82, 2.24) is 4.98 Å². The zero-order valence-corrected chi connectivity index (χ0v) is 11.0. The molecule has 0 unspecified atom stereocenters. The number of nitrogens with zero attached hydrogens (tertiary/aromatic N) is 1. The molecular weight excluding hydrogens is 250 g/mol. The number of fused-ring (bicyclic) bond motifs is 1.